The van der Waals surface area contributed by atoms with Crippen molar-refractivity contribution in [2.24, 2.45) is 0 Å². The maximum atomic E-state index is 12.1. The third-order valence-electron chi connectivity index (χ3n) is 4.44. The minimum Gasteiger partial charge on any atom is -0.480 e. The maximum absolute atomic E-state index is 12.1. The lowest BCUT2D eigenvalue weighted by atomic mass is 9.98. The minimum atomic E-state index is -1.17. The Morgan fingerprint density at radius 2 is 1.67 bits per heavy atom. The fraction of sp³-hybridized carbons (Fsp3) is 0.300. The molecule has 0 radical (unpaired) electrons. The van der Waals surface area contributed by atoms with Crippen molar-refractivity contribution in [1.82, 2.24) is 5.32 Å². The number of benzene rings is 2. The van der Waals surface area contributed by atoms with E-state index in [0.29, 0.717) is 0 Å². The summed E-state index contributed by atoms with van der Waals surface area (Å²) in [5, 5.41) is 20.8. The molecule has 3 N–H and O–H groups in total. The Morgan fingerprint density at radius 1 is 1.11 bits per heavy atom. The summed E-state index contributed by atoms with van der Waals surface area (Å²) in [7, 11) is 0. The van der Waals surface area contributed by atoms with Crippen molar-refractivity contribution in [2.45, 2.75) is 24.3 Å². The number of carbonyl (C=O) groups is 2. The molecule has 0 saturated carbocycles. The van der Waals surface area contributed by atoms with Gasteiger partial charge in [-0.05, 0) is 29.2 Å². The van der Waals surface area contributed by atoms with Gasteiger partial charge in [0.2, 0.25) is 0 Å². The monoisotopic (exact) mass is 387 g/mol. The second-order valence-electron chi connectivity index (χ2n) is 6.29. The number of aliphatic hydroxyl groups excluding tert-OH is 1. The molecular weight excluding hydrogens is 366 g/mol. The smallest absolute Gasteiger partial charge is 0.407 e. The Kier molecular flexibility index (Phi) is 6.03. The first kappa shape index (κ1) is 19.3. The first-order chi connectivity index (χ1) is 13.0. The molecule has 0 bridgehead atoms. The van der Waals surface area contributed by atoms with E-state index in [0.717, 1.165) is 34.0 Å². The van der Waals surface area contributed by atoms with Crippen molar-refractivity contribution < 1.29 is 24.5 Å². The molecule has 0 fully saturated rings. The fourth-order valence-electron chi connectivity index (χ4n) is 3.19. The molecule has 1 aliphatic rings. The van der Waals surface area contributed by atoms with Crippen LogP contribution in [0.2, 0.25) is 0 Å². The number of carbonyl (C=O) groups excluding carboxylic acids is 1. The van der Waals surface area contributed by atoms with E-state index < -0.39 is 23.5 Å². The number of amides is 1. The van der Waals surface area contributed by atoms with E-state index in [1.165, 1.54) is 6.92 Å². The first-order valence-corrected chi connectivity index (χ1v) is 9.66. The Balaban J connectivity index is 1.66. The number of carboxylic acids is 1. The molecule has 1 unspecified atom stereocenters. The highest BCUT2D eigenvalue weighted by Crippen LogP contribution is 2.44. The molecule has 142 valence electrons. The molecule has 0 heterocycles. The summed E-state index contributed by atoms with van der Waals surface area (Å²) in [5.74, 6) is -1.20. The van der Waals surface area contributed by atoms with Crippen molar-refractivity contribution in [2.75, 3.05) is 12.4 Å². The molecular formula is C20H21NO5S. The number of rotatable bonds is 7. The molecule has 0 spiro atoms. The average Bonchev–Trinajstić information content (AvgIpc) is 2.97. The van der Waals surface area contributed by atoms with Crippen LogP contribution < -0.4 is 5.32 Å². The highest BCUT2D eigenvalue weighted by Gasteiger charge is 2.29. The summed E-state index contributed by atoms with van der Waals surface area (Å²) in [6, 6.07) is 14.8. The lowest BCUT2D eigenvalue weighted by molar-refractivity contribution is -0.138. The number of hydrogen-bond donors (Lipinski definition) is 3. The fourth-order valence-corrected chi connectivity index (χ4v) is 3.89. The molecule has 1 amide bonds. The molecule has 1 aliphatic carbocycles. The molecule has 0 aliphatic heterocycles. The molecule has 3 rings (SSSR count). The van der Waals surface area contributed by atoms with Gasteiger partial charge in [-0.25, -0.2) is 9.59 Å². The van der Waals surface area contributed by atoms with Crippen LogP contribution >= 0.6 is 11.8 Å². The molecule has 27 heavy (non-hydrogen) atoms. The number of aliphatic hydroxyl groups is 1. The van der Waals surface area contributed by atoms with Crippen LogP contribution in [0.25, 0.3) is 11.1 Å². The highest BCUT2D eigenvalue weighted by molar-refractivity contribution is 7.99. The van der Waals surface area contributed by atoms with E-state index in [1.807, 2.05) is 48.5 Å². The van der Waals surface area contributed by atoms with Gasteiger partial charge in [0.1, 0.15) is 12.6 Å². The third-order valence-corrected chi connectivity index (χ3v) is 5.45. The Bertz CT molecular complexity index is 793. The summed E-state index contributed by atoms with van der Waals surface area (Å²) < 4.78 is 5.34. The summed E-state index contributed by atoms with van der Waals surface area (Å²) in [4.78, 5) is 23.4. The zero-order chi connectivity index (χ0) is 19.4. The van der Waals surface area contributed by atoms with Gasteiger partial charge in [-0.1, -0.05) is 48.5 Å². The van der Waals surface area contributed by atoms with Gasteiger partial charge in [0.05, 0.1) is 5.44 Å². The minimum absolute atomic E-state index is 0.0528. The average molecular weight is 387 g/mol. The van der Waals surface area contributed by atoms with E-state index in [9.17, 15) is 19.8 Å². The second-order valence-corrected chi connectivity index (χ2v) is 7.64. The van der Waals surface area contributed by atoms with Crippen LogP contribution in [0.4, 0.5) is 4.79 Å². The van der Waals surface area contributed by atoms with Crippen molar-refractivity contribution in [1.29, 1.82) is 0 Å². The number of nitrogens with one attached hydrogen (secondary N) is 1. The number of aliphatic carboxylic acids is 1. The van der Waals surface area contributed by atoms with E-state index >= 15 is 0 Å². The second kappa shape index (κ2) is 8.45. The topological polar surface area (TPSA) is 95.9 Å². The van der Waals surface area contributed by atoms with Crippen LogP contribution in [-0.4, -0.2) is 46.1 Å². The predicted octanol–water partition coefficient (Wildman–Crippen LogP) is 3.05. The number of ether oxygens (including phenoxy) is 1. The molecule has 2 aromatic rings. The van der Waals surface area contributed by atoms with Crippen molar-refractivity contribution in [3.8, 4) is 11.1 Å². The molecule has 2 aromatic carbocycles. The third kappa shape index (κ3) is 4.43. The SMILES string of the molecule is C[C@@H](O)SCC(NC(=O)OCC1c2ccccc2-c2ccccc21)C(=O)O. The molecule has 0 aromatic heterocycles. The molecule has 6 nitrogen and oxygen atoms in total. The van der Waals surface area contributed by atoms with E-state index in [2.05, 4.69) is 5.32 Å². The summed E-state index contributed by atoms with van der Waals surface area (Å²) in [6.45, 7) is 1.66. The number of hydrogen-bond acceptors (Lipinski definition) is 5. The molecule has 0 saturated heterocycles. The molecule has 7 heteroatoms. The number of fused-ring (bicyclic) bond motifs is 3. The quantitative estimate of drug-likeness (QED) is 0.632. The normalized spacial score (nSPS) is 14.7. The van der Waals surface area contributed by atoms with Crippen LogP contribution in [0.1, 0.15) is 24.0 Å². The zero-order valence-corrected chi connectivity index (χ0v) is 15.6. The lowest BCUT2D eigenvalue weighted by Crippen LogP contribution is -2.43. The number of alkyl carbamates (subject to hydrolysis) is 1. The van der Waals surface area contributed by atoms with Gasteiger partial charge in [0, 0.05) is 11.7 Å². The van der Waals surface area contributed by atoms with Crippen molar-refractivity contribution in [3.63, 3.8) is 0 Å². The van der Waals surface area contributed by atoms with Gasteiger partial charge in [-0.15, -0.1) is 11.8 Å². The van der Waals surface area contributed by atoms with Crippen LogP contribution in [0.15, 0.2) is 48.5 Å². The van der Waals surface area contributed by atoms with Gasteiger partial charge < -0.3 is 20.3 Å². The summed E-state index contributed by atoms with van der Waals surface area (Å²) >= 11 is 1.04. The van der Waals surface area contributed by atoms with Gasteiger partial charge >= 0.3 is 12.1 Å². The Labute approximate surface area is 161 Å². The van der Waals surface area contributed by atoms with Gasteiger partial charge in [-0.3, -0.25) is 0 Å². The van der Waals surface area contributed by atoms with Crippen LogP contribution in [0.3, 0.4) is 0 Å². The Hall–Kier alpha value is -2.51. The predicted molar refractivity (Wildman–Crippen MR) is 104 cm³/mol. The largest absolute Gasteiger partial charge is 0.480 e. The first-order valence-electron chi connectivity index (χ1n) is 8.61. The van der Waals surface area contributed by atoms with Gasteiger partial charge in [0.25, 0.3) is 0 Å². The van der Waals surface area contributed by atoms with Crippen LogP contribution in [-0.2, 0) is 9.53 Å². The maximum Gasteiger partial charge on any atom is 0.407 e. The van der Waals surface area contributed by atoms with Crippen LogP contribution in [0.5, 0.6) is 0 Å². The Morgan fingerprint density at radius 3 is 2.19 bits per heavy atom. The summed E-state index contributed by atoms with van der Waals surface area (Å²) in [5.41, 5.74) is 3.71. The number of thioether (sulfide) groups is 1. The standard InChI is InChI=1S/C20H21NO5S/c1-12(22)27-11-18(19(23)24)21-20(25)26-10-17-15-8-4-2-6-13(15)14-7-3-5-9-16(14)17/h2-9,12,17-18,22H,10-11H2,1H3,(H,21,25)(H,23,24)/t12-,18?/m0/s1. The van der Waals surface area contributed by atoms with E-state index in [1.54, 1.807) is 0 Å². The number of carboxylic acid groups (broad SMARTS) is 1. The van der Waals surface area contributed by atoms with Crippen molar-refractivity contribution in [3.05, 3.63) is 59.7 Å². The highest BCUT2D eigenvalue weighted by atomic mass is 32.2. The van der Waals surface area contributed by atoms with E-state index in [4.69, 9.17) is 4.74 Å². The lowest BCUT2D eigenvalue weighted by Gasteiger charge is -2.17. The van der Waals surface area contributed by atoms with E-state index in [-0.39, 0.29) is 18.3 Å². The summed E-state index contributed by atoms with van der Waals surface area (Å²) in [6.07, 6.45) is -0.782. The van der Waals surface area contributed by atoms with Gasteiger partial charge in [-0.2, -0.15) is 0 Å². The zero-order valence-electron chi connectivity index (χ0n) is 14.8. The van der Waals surface area contributed by atoms with Crippen LogP contribution in [0, 0.1) is 0 Å². The molecule has 2 atom stereocenters. The van der Waals surface area contributed by atoms with Gasteiger partial charge in [0.15, 0.2) is 0 Å². The van der Waals surface area contributed by atoms with Crippen molar-refractivity contribution >= 4 is 23.8 Å².